The average Bonchev–Trinajstić information content (AvgIpc) is 2.40. The highest BCUT2D eigenvalue weighted by molar-refractivity contribution is 7.92. The Hall–Kier alpha value is -2.22. The van der Waals surface area contributed by atoms with E-state index in [1.165, 1.54) is 24.3 Å². The van der Waals surface area contributed by atoms with Crippen molar-refractivity contribution >= 4 is 15.7 Å². The molecule has 8 heteroatoms. The van der Waals surface area contributed by atoms with E-state index in [0.29, 0.717) is 12.1 Å². The Morgan fingerprint density at radius 3 is 1.90 bits per heavy atom. The molecule has 2 aromatic carbocycles. The summed E-state index contributed by atoms with van der Waals surface area (Å²) in [6, 6.07) is 8.39. The number of phenols is 1. The molecule has 0 aromatic heterocycles. The normalized spacial score (nSPS) is 12.1. The van der Waals surface area contributed by atoms with Gasteiger partial charge in [-0.15, -0.1) is 0 Å². The molecule has 0 bridgehead atoms. The van der Waals surface area contributed by atoms with Gasteiger partial charge in [-0.1, -0.05) is 0 Å². The summed E-state index contributed by atoms with van der Waals surface area (Å²) in [5, 5.41) is 9.10. The molecular formula is C13H10F3NO3S. The third-order valence-corrected chi connectivity index (χ3v) is 4.01. The van der Waals surface area contributed by atoms with Crippen LogP contribution in [0.4, 0.5) is 18.9 Å². The van der Waals surface area contributed by atoms with Crippen molar-refractivity contribution in [2.75, 3.05) is 4.72 Å². The van der Waals surface area contributed by atoms with Crippen LogP contribution in [-0.4, -0.2) is 13.5 Å². The van der Waals surface area contributed by atoms with Crippen LogP contribution in [0.1, 0.15) is 5.56 Å². The summed E-state index contributed by atoms with van der Waals surface area (Å²) in [6.45, 7) is 0. The second-order valence-corrected chi connectivity index (χ2v) is 5.86. The molecule has 0 fully saturated rings. The van der Waals surface area contributed by atoms with E-state index in [0.717, 1.165) is 12.1 Å². The van der Waals surface area contributed by atoms with Gasteiger partial charge in [-0.3, -0.25) is 4.72 Å². The van der Waals surface area contributed by atoms with Crippen LogP contribution in [0.3, 0.4) is 0 Å². The van der Waals surface area contributed by atoms with E-state index in [2.05, 4.69) is 4.72 Å². The van der Waals surface area contributed by atoms with Crippen molar-refractivity contribution in [3.05, 3.63) is 54.1 Å². The molecule has 0 amide bonds. The Morgan fingerprint density at radius 2 is 1.43 bits per heavy atom. The summed E-state index contributed by atoms with van der Waals surface area (Å²) >= 11 is 0. The number of anilines is 1. The summed E-state index contributed by atoms with van der Waals surface area (Å²) in [6.07, 6.45) is -4.52. The van der Waals surface area contributed by atoms with Gasteiger partial charge in [0.15, 0.2) is 0 Å². The molecule has 0 unspecified atom stereocenters. The van der Waals surface area contributed by atoms with Crippen molar-refractivity contribution in [2.45, 2.75) is 11.1 Å². The maximum Gasteiger partial charge on any atom is 0.416 e. The Balaban J connectivity index is 2.25. The predicted octanol–water partition coefficient (Wildman–Crippen LogP) is 3.21. The Kier molecular flexibility index (Phi) is 3.82. The first kappa shape index (κ1) is 15.2. The lowest BCUT2D eigenvalue weighted by molar-refractivity contribution is -0.137. The fraction of sp³-hybridized carbons (Fsp3) is 0.0769. The molecular weight excluding hydrogens is 307 g/mol. The van der Waals surface area contributed by atoms with Crippen LogP contribution in [0, 0.1) is 0 Å². The van der Waals surface area contributed by atoms with Gasteiger partial charge in [0.1, 0.15) is 5.75 Å². The van der Waals surface area contributed by atoms with Crippen LogP contribution in [-0.2, 0) is 16.2 Å². The Labute approximate surface area is 118 Å². The quantitative estimate of drug-likeness (QED) is 0.854. The largest absolute Gasteiger partial charge is 0.508 e. The summed E-state index contributed by atoms with van der Waals surface area (Å²) in [5.41, 5.74) is -0.737. The number of rotatable bonds is 3. The van der Waals surface area contributed by atoms with E-state index in [9.17, 15) is 21.6 Å². The van der Waals surface area contributed by atoms with Gasteiger partial charge in [0, 0.05) is 5.69 Å². The fourth-order valence-corrected chi connectivity index (χ4v) is 2.63. The Morgan fingerprint density at radius 1 is 0.905 bits per heavy atom. The van der Waals surface area contributed by atoms with Gasteiger partial charge in [-0.05, 0) is 48.5 Å². The lowest BCUT2D eigenvalue weighted by Gasteiger charge is -2.10. The zero-order chi connectivity index (χ0) is 15.7. The number of nitrogens with one attached hydrogen (secondary N) is 1. The molecule has 0 aliphatic rings. The van der Waals surface area contributed by atoms with Crippen molar-refractivity contribution in [3.8, 4) is 5.75 Å². The molecule has 0 spiro atoms. The highest BCUT2D eigenvalue weighted by Gasteiger charge is 2.30. The molecule has 0 saturated carbocycles. The van der Waals surface area contributed by atoms with Crippen molar-refractivity contribution in [3.63, 3.8) is 0 Å². The van der Waals surface area contributed by atoms with E-state index in [1.54, 1.807) is 0 Å². The number of benzene rings is 2. The molecule has 0 heterocycles. The second kappa shape index (κ2) is 5.28. The number of halogens is 3. The van der Waals surface area contributed by atoms with E-state index in [1.807, 2.05) is 0 Å². The first-order valence-corrected chi connectivity index (χ1v) is 7.16. The lowest BCUT2D eigenvalue weighted by atomic mass is 10.2. The van der Waals surface area contributed by atoms with E-state index in [-0.39, 0.29) is 16.3 Å². The minimum absolute atomic E-state index is 0.0347. The number of aromatic hydroxyl groups is 1. The second-order valence-electron chi connectivity index (χ2n) is 4.17. The molecule has 0 atom stereocenters. The smallest absolute Gasteiger partial charge is 0.416 e. The van der Waals surface area contributed by atoms with Crippen LogP contribution in [0.5, 0.6) is 5.75 Å². The third kappa shape index (κ3) is 3.66. The van der Waals surface area contributed by atoms with Gasteiger partial charge in [0.2, 0.25) is 0 Å². The highest BCUT2D eigenvalue weighted by atomic mass is 32.2. The first-order chi connectivity index (χ1) is 9.68. The maximum absolute atomic E-state index is 12.4. The molecule has 0 radical (unpaired) electrons. The SMILES string of the molecule is O=S(=O)(Nc1ccc(O)cc1)c1ccc(C(F)(F)F)cc1. The number of hydrogen-bond donors (Lipinski definition) is 2. The van der Waals surface area contributed by atoms with Crippen molar-refractivity contribution in [2.24, 2.45) is 0 Å². The third-order valence-electron chi connectivity index (χ3n) is 2.61. The average molecular weight is 317 g/mol. The summed E-state index contributed by atoms with van der Waals surface area (Å²) in [7, 11) is -3.99. The van der Waals surface area contributed by atoms with E-state index < -0.39 is 21.8 Å². The molecule has 112 valence electrons. The van der Waals surface area contributed by atoms with Crippen molar-refractivity contribution in [1.29, 1.82) is 0 Å². The van der Waals surface area contributed by atoms with Crippen molar-refractivity contribution in [1.82, 2.24) is 0 Å². The topological polar surface area (TPSA) is 66.4 Å². The lowest BCUT2D eigenvalue weighted by Crippen LogP contribution is -2.13. The minimum atomic E-state index is -4.52. The number of hydrogen-bond acceptors (Lipinski definition) is 3. The van der Waals surface area contributed by atoms with Gasteiger partial charge >= 0.3 is 6.18 Å². The highest BCUT2D eigenvalue weighted by Crippen LogP contribution is 2.30. The fourth-order valence-electron chi connectivity index (χ4n) is 1.57. The Bertz CT molecular complexity index is 723. The van der Waals surface area contributed by atoms with E-state index >= 15 is 0 Å². The molecule has 2 rings (SSSR count). The molecule has 0 saturated heterocycles. The van der Waals surface area contributed by atoms with Crippen LogP contribution < -0.4 is 4.72 Å². The summed E-state index contributed by atoms with van der Waals surface area (Å²) in [4.78, 5) is -0.288. The van der Waals surface area contributed by atoms with Crippen molar-refractivity contribution < 1.29 is 26.7 Å². The van der Waals surface area contributed by atoms with Crippen LogP contribution in [0.15, 0.2) is 53.4 Å². The van der Waals surface area contributed by atoms with E-state index in [4.69, 9.17) is 5.11 Å². The summed E-state index contributed by atoms with van der Waals surface area (Å²) in [5.74, 6) is -0.0347. The first-order valence-electron chi connectivity index (χ1n) is 5.67. The molecule has 2 aromatic rings. The standard InChI is InChI=1S/C13H10F3NO3S/c14-13(15,16)9-1-7-12(8-2-9)21(19,20)17-10-3-5-11(18)6-4-10/h1-8,17-18H. The minimum Gasteiger partial charge on any atom is -0.508 e. The molecule has 21 heavy (non-hydrogen) atoms. The predicted molar refractivity (Wildman–Crippen MR) is 70.4 cm³/mol. The van der Waals surface area contributed by atoms with Crippen LogP contribution >= 0.6 is 0 Å². The van der Waals surface area contributed by atoms with Gasteiger partial charge in [-0.25, -0.2) is 8.42 Å². The zero-order valence-electron chi connectivity index (χ0n) is 10.4. The summed E-state index contributed by atoms with van der Waals surface area (Å²) < 4.78 is 63.4. The van der Waals surface area contributed by atoms with Gasteiger partial charge in [0.05, 0.1) is 10.5 Å². The zero-order valence-corrected chi connectivity index (χ0v) is 11.2. The monoisotopic (exact) mass is 317 g/mol. The number of phenolic OH excluding ortho intramolecular Hbond substituents is 1. The molecule has 0 aliphatic heterocycles. The molecule has 4 nitrogen and oxygen atoms in total. The number of sulfonamides is 1. The molecule has 2 N–H and O–H groups in total. The molecule has 0 aliphatic carbocycles. The maximum atomic E-state index is 12.4. The number of alkyl halides is 3. The van der Waals surface area contributed by atoms with Crippen LogP contribution in [0.2, 0.25) is 0 Å². The van der Waals surface area contributed by atoms with Gasteiger partial charge in [-0.2, -0.15) is 13.2 Å². The van der Waals surface area contributed by atoms with Gasteiger partial charge in [0.25, 0.3) is 10.0 Å². The van der Waals surface area contributed by atoms with Crippen LogP contribution in [0.25, 0.3) is 0 Å². The van der Waals surface area contributed by atoms with Gasteiger partial charge < -0.3 is 5.11 Å².